The van der Waals surface area contributed by atoms with Crippen LogP contribution in [0.15, 0.2) is 30.3 Å². The van der Waals surface area contributed by atoms with E-state index >= 15 is 0 Å². The average molecular weight is 318 g/mol. The molecule has 0 radical (unpaired) electrons. The van der Waals surface area contributed by atoms with Crippen LogP contribution in [0.2, 0.25) is 0 Å². The molecule has 1 aliphatic heterocycles. The molecule has 3 N–H and O–H groups in total. The molecule has 1 aromatic carbocycles. The fourth-order valence-electron chi connectivity index (χ4n) is 3.33. The van der Waals surface area contributed by atoms with Crippen molar-refractivity contribution in [1.29, 1.82) is 0 Å². The number of ether oxygens (including phenoxy) is 1. The second-order valence-electron chi connectivity index (χ2n) is 7.60. The van der Waals surface area contributed by atoms with Gasteiger partial charge >= 0.3 is 0 Å². The van der Waals surface area contributed by atoms with Gasteiger partial charge in [0.1, 0.15) is 0 Å². The van der Waals surface area contributed by atoms with Gasteiger partial charge in [0.25, 0.3) is 0 Å². The van der Waals surface area contributed by atoms with Crippen LogP contribution in [-0.2, 0) is 16.0 Å². The highest BCUT2D eigenvalue weighted by Crippen LogP contribution is 2.33. The predicted octanol–water partition coefficient (Wildman–Crippen LogP) is 2.51. The molecule has 128 valence electrons. The molecule has 0 bridgehead atoms. The summed E-state index contributed by atoms with van der Waals surface area (Å²) in [5.41, 5.74) is 7.21. The lowest BCUT2D eigenvalue weighted by molar-refractivity contribution is -0.124. The molecule has 3 atom stereocenters. The van der Waals surface area contributed by atoms with E-state index < -0.39 is 6.04 Å². The third kappa shape index (κ3) is 5.33. The Balaban J connectivity index is 1.85. The molecule has 1 heterocycles. The first-order valence-corrected chi connectivity index (χ1v) is 8.57. The van der Waals surface area contributed by atoms with E-state index in [4.69, 9.17) is 10.5 Å². The summed E-state index contributed by atoms with van der Waals surface area (Å²) in [5.74, 6) is 0.281. The highest BCUT2D eigenvalue weighted by molar-refractivity contribution is 5.81. The number of carbonyl (C=O) groups excluding carboxylic acids is 1. The van der Waals surface area contributed by atoms with E-state index in [9.17, 15) is 4.79 Å². The lowest BCUT2D eigenvalue weighted by Crippen LogP contribution is -2.48. The van der Waals surface area contributed by atoms with Crippen molar-refractivity contribution in [2.45, 2.75) is 52.2 Å². The molecule has 4 heteroatoms. The molecule has 1 aromatic rings. The summed E-state index contributed by atoms with van der Waals surface area (Å²) >= 11 is 0. The molecule has 0 saturated carbocycles. The number of benzene rings is 1. The zero-order chi connectivity index (χ0) is 16.9. The van der Waals surface area contributed by atoms with Crippen LogP contribution >= 0.6 is 0 Å². The summed E-state index contributed by atoms with van der Waals surface area (Å²) in [6, 6.07) is 9.39. The predicted molar refractivity (Wildman–Crippen MR) is 93.1 cm³/mol. The van der Waals surface area contributed by atoms with E-state index in [0.717, 1.165) is 25.0 Å². The third-order valence-corrected chi connectivity index (χ3v) is 4.47. The van der Waals surface area contributed by atoms with Crippen LogP contribution in [0.5, 0.6) is 0 Å². The molecule has 1 amide bonds. The number of hydrogen-bond donors (Lipinski definition) is 2. The second kappa shape index (κ2) is 7.93. The minimum atomic E-state index is -0.505. The molecular weight excluding hydrogens is 288 g/mol. The normalized spacial score (nSPS) is 23.3. The van der Waals surface area contributed by atoms with Crippen molar-refractivity contribution >= 4 is 5.91 Å². The van der Waals surface area contributed by atoms with Crippen LogP contribution in [0.3, 0.4) is 0 Å². The lowest BCUT2D eigenvalue weighted by Gasteiger charge is -2.40. The first kappa shape index (κ1) is 18.0. The Labute approximate surface area is 139 Å². The van der Waals surface area contributed by atoms with E-state index in [0.29, 0.717) is 18.9 Å². The zero-order valence-corrected chi connectivity index (χ0v) is 14.5. The Morgan fingerprint density at radius 3 is 2.70 bits per heavy atom. The average Bonchev–Trinajstić information content (AvgIpc) is 2.53. The molecular formula is C19H30N2O2. The Morgan fingerprint density at radius 2 is 2.04 bits per heavy atom. The number of nitrogens with two attached hydrogens (primary N) is 1. The van der Waals surface area contributed by atoms with Crippen LogP contribution < -0.4 is 11.1 Å². The van der Waals surface area contributed by atoms with Gasteiger partial charge in [0.15, 0.2) is 0 Å². The minimum Gasteiger partial charge on any atom is -0.377 e. The molecule has 1 fully saturated rings. The van der Waals surface area contributed by atoms with Crippen LogP contribution in [0.1, 0.15) is 39.2 Å². The fourth-order valence-corrected chi connectivity index (χ4v) is 3.33. The van der Waals surface area contributed by atoms with Gasteiger partial charge in [-0.15, -0.1) is 0 Å². The van der Waals surface area contributed by atoms with Gasteiger partial charge in [0.2, 0.25) is 5.91 Å². The zero-order valence-electron chi connectivity index (χ0n) is 14.5. The molecule has 1 aliphatic rings. The topological polar surface area (TPSA) is 64.3 Å². The lowest BCUT2D eigenvalue weighted by atomic mass is 9.78. The first-order valence-electron chi connectivity index (χ1n) is 8.57. The molecule has 1 saturated heterocycles. The Bertz CT molecular complexity index is 496. The molecule has 4 nitrogen and oxygen atoms in total. The summed E-state index contributed by atoms with van der Waals surface area (Å²) in [6.07, 6.45) is 2.90. The third-order valence-electron chi connectivity index (χ3n) is 4.47. The smallest absolute Gasteiger partial charge is 0.237 e. The van der Waals surface area contributed by atoms with E-state index in [1.807, 2.05) is 30.3 Å². The monoisotopic (exact) mass is 318 g/mol. The molecule has 23 heavy (non-hydrogen) atoms. The summed E-state index contributed by atoms with van der Waals surface area (Å²) in [6.45, 7) is 8.04. The van der Waals surface area contributed by atoms with Crippen molar-refractivity contribution in [1.82, 2.24) is 5.32 Å². The van der Waals surface area contributed by atoms with Crippen molar-refractivity contribution < 1.29 is 9.53 Å². The van der Waals surface area contributed by atoms with Gasteiger partial charge in [-0.05, 0) is 30.2 Å². The van der Waals surface area contributed by atoms with Gasteiger partial charge < -0.3 is 15.8 Å². The van der Waals surface area contributed by atoms with Gasteiger partial charge in [-0.3, -0.25) is 4.79 Å². The van der Waals surface area contributed by atoms with Crippen molar-refractivity contribution in [2.75, 3.05) is 13.2 Å². The largest absolute Gasteiger partial charge is 0.377 e. The van der Waals surface area contributed by atoms with E-state index in [1.165, 1.54) is 0 Å². The van der Waals surface area contributed by atoms with Crippen LogP contribution in [-0.4, -0.2) is 31.2 Å². The number of carbonyl (C=O) groups is 1. The Hall–Kier alpha value is -1.39. The van der Waals surface area contributed by atoms with Crippen molar-refractivity contribution in [2.24, 2.45) is 17.1 Å². The highest BCUT2D eigenvalue weighted by atomic mass is 16.5. The van der Waals surface area contributed by atoms with E-state index in [-0.39, 0.29) is 17.4 Å². The maximum atomic E-state index is 12.3. The molecule has 0 aromatic heterocycles. The van der Waals surface area contributed by atoms with Crippen molar-refractivity contribution in [3.05, 3.63) is 35.9 Å². The summed E-state index contributed by atoms with van der Waals surface area (Å²) in [4.78, 5) is 12.3. The fraction of sp³-hybridized carbons (Fsp3) is 0.632. The first-order chi connectivity index (χ1) is 10.9. The molecule has 2 rings (SSSR count). The highest BCUT2D eigenvalue weighted by Gasteiger charge is 2.35. The Kier molecular flexibility index (Phi) is 6.19. The van der Waals surface area contributed by atoms with Gasteiger partial charge in [0, 0.05) is 19.1 Å². The summed E-state index contributed by atoms with van der Waals surface area (Å²) < 4.78 is 5.96. The van der Waals surface area contributed by atoms with Gasteiger partial charge in [-0.1, -0.05) is 51.1 Å². The Morgan fingerprint density at radius 1 is 1.35 bits per heavy atom. The number of amides is 1. The minimum absolute atomic E-state index is 0.0768. The quantitative estimate of drug-likeness (QED) is 0.877. The van der Waals surface area contributed by atoms with Crippen molar-refractivity contribution in [3.63, 3.8) is 0 Å². The maximum absolute atomic E-state index is 12.3. The number of nitrogens with one attached hydrogen (secondary N) is 1. The number of rotatable bonds is 5. The van der Waals surface area contributed by atoms with Crippen molar-refractivity contribution in [3.8, 4) is 0 Å². The molecule has 0 aliphatic carbocycles. The van der Waals surface area contributed by atoms with Gasteiger partial charge in [-0.25, -0.2) is 0 Å². The summed E-state index contributed by atoms with van der Waals surface area (Å²) in [7, 11) is 0. The summed E-state index contributed by atoms with van der Waals surface area (Å²) in [5, 5.41) is 3.03. The van der Waals surface area contributed by atoms with E-state index in [1.54, 1.807) is 0 Å². The van der Waals surface area contributed by atoms with Gasteiger partial charge in [0.05, 0.1) is 12.1 Å². The van der Waals surface area contributed by atoms with Gasteiger partial charge in [-0.2, -0.15) is 0 Å². The molecule has 0 spiro atoms. The molecule has 2 unspecified atom stereocenters. The second-order valence-corrected chi connectivity index (χ2v) is 7.60. The van der Waals surface area contributed by atoms with Crippen LogP contribution in [0.25, 0.3) is 0 Å². The number of hydrogen-bond acceptors (Lipinski definition) is 3. The SMILES string of the molecule is CC(C)(C)C1OCCCC1CNC(=O)[C@@H](N)Cc1ccccc1. The van der Waals surface area contributed by atoms with Crippen LogP contribution in [0.4, 0.5) is 0 Å². The van der Waals surface area contributed by atoms with E-state index in [2.05, 4.69) is 26.1 Å². The standard InChI is InChI=1S/C19H30N2O2/c1-19(2,3)17-15(10-7-11-23-17)13-21-18(22)16(20)12-14-8-5-4-6-9-14/h4-6,8-9,15-17H,7,10-13,20H2,1-3H3,(H,21,22)/t15?,16-,17?/m0/s1. The maximum Gasteiger partial charge on any atom is 0.237 e. The van der Waals surface area contributed by atoms with Crippen LogP contribution in [0, 0.1) is 11.3 Å².